The molecule has 2 fully saturated rings. The Bertz CT molecular complexity index is 1210. The average molecular weight is 500 g/mol. The number of H-pyrrole nitrogens is 1. The van der Waals surface area contributed by atoms with Gasteiger partial charge in [-0.3, -0.25) is 4.79 Å². The molecular weight excluding hydrogens is 470 g/mol. The lowest BCUT2D eigenvalue weighted by molar-refractivity contribution is -0.339. The van der Waals surface area contributed by atoms with Crippen LogP contribution in [0.15, 0.2) is 42.8 Å². The molecule has 11 heteroatoms. The molecule has 0 aliphatic carbocycles. The predicted octanol–water partition coefficient (Wildman–Crippen LogP) is -0.133. The molecule has 4 aliphatic heterocycles. The van der Waals surface area contributed by atoms with Crippen LogP contribution in [0, 0.1) is 11.8 Å². The van der Waals surface area contributed by atoms with E-state index in [-0.39, 0.29) is 17.9 Å². The molecule has 0 spiro atoms. The highest BCUT2D eigenvalue weighted by Gasteiger charge is 2.51. The summed E-state index contributed by atoms with van der Waals surface area (Å²) in [5.41, 5.74) is 3.50. The van der Waals surface area contributed by atoms with Crippen molar-refractivity contribution in [2.45, 2.75) is 55.9 Å². The van der Waals surface area contributed by atoms with Gasteiger partial charge in [0.1, 0.15) is 30.1 Å². The molecule has 0 unspecified atom stereocenters. The van der Waals surface area contributed by atoms with Crippen LogP contribution in [-0.4, -0.2) is 91.3 Å². The number of ether oxygens (including phenoxy) is 3. The number of piperidine rings is 1. The Labute approximate surface area is 206 Å². The molecule has 4 aliphatic rings. The number of aliphatic hydroxyl groups excluding tert-OH is 4. The minimum atomic E-state index is -1.57. The van der Waals surface area contributed by atoms with Gasteiger partial charge in [-0.25, -0.2) is 4.98 Å². The van der Waals surface area contributed by atoms with Gasteiger partial charge in [-0.05, 0) is 30.5 Å². The van der Waals surface area contributed by atoms with Crippen LogP contribution in [0.25, 0.3) is 11.0 Å². The highest BCUT2D eigenvalue weighted by atomic mass is 16.8. The number of aliphatic hydroxyl groups is 4. The maximum absolute atomic E-state index is 13.5. The first kappa shape index (κ1) is 23.6. The molecule has 36 heavy (non-hydrogen) atoms. The van der Waals surface area contributed by atoms with Gasteiger partial charge in [0.25, 0.3) is 5.91 Å². The van der Waals surface area contributed by atoms with Crippen LogP contribution < -0.4 is 0 Å². The fourth-order valence-electron chi connectivity index (χ4n) is 6.01. The van der Waals surface area contributed by atoms with Crippen molar-refractivity contribution in [1.82, 2.24) is 14.9 Å². The third-order valence-corrected chi connectivity index (χ3v) is 7.90. The summed E-state index contributed by atoms with van der Waals surface area (Å²) in [5, 5.41) is 41.1. The van der Waals surface area contributed by atoms with Crippen molar-refractivity contribution in [1.29, 1.82) is 0 Å². The lowest BCUT2D eigenvalue weighted by Gasteiger charge is -2.48. The lowest BCUT2D eigenvalue weighted by Crippen LogP contribution is -2.60. The van der Waals surface area contributed by atoms with E-state index in [1.165, 1.54) is 11.8 Å². The van der Waals surface area contributed by atoms with E-state index >= 15 is 0 Å². The van der Waals surface area contributed by atoms with Crippen LogP contribution in [0.3, 0.4) is 0 Å². The minimum Gasteiger partial charge on any atom is -0.471 e. The second-order valence-corrected chi connectivity index (χ2v) is 9.75. The van der Waals surface area contributed by atoms with Gasteiger partial charge < -0.3 is 44.5 Å². The molecule has 9 atom stereocenters. The third-order valence-electron chi connectivity index (χ3n) is 7.90. The van der Waals surface area contributed by atoms with Crippen LogP contribution in [0.5, 0.6) is 0 Å². The van der Waals surface area contributed by atoms with Gasteiger partial charge in [0.15, 0.2) is 6.29 Å². The first-order valence-electron chi connectivity index (χ1n) is 12.1. The number of carbonyl (C=O) groups excluding carboxylic acids is 1. The molecule has 6 heterocycles. The zero-order valence-corrected chi connectivity index (χ0v) is 19.4. The van der Waals surface area contributed by atoms with Crippen molar-refractivity contribution in [3.63, 3.8) is 0 Å². The number of amides is 1. The number of hydrogen-bond donors (Lipinski definition) is 5. The smallest absolute Gasteiger partial charge is 0.253 e. The maximum atomic E-state index is 13.5. The summed E-state index contributed by atoms with van der Waals surface area (Å²) < 4.78 is 17.2. The Kier molecular flexibility index (Phi) is 5.86. The van der Waals surface area contributed by atoms with Crippen LogP contribution in [0.4, 0.5) is 0 Å². The molecule has 2 aromatic heterocycles. The van der Waals surface area contributed by atoms with Gasteiger partial charge in [-0.2, -0.15) is 0 Å². The topological polar surface area (TPSA) is 158 Å². The van der Waals surface area contributed by atoms with Crippen LogP contribution in [0.1, 0.15) is 23.7 Å². The molecule has 6 rings (SSSR count). The van der Waals surface area contributed by atoms with Crippen molar-refractivity contribution in [3.8, 4) is 0 Å². The van der Waals surface area contributed by atoms with Gasteiger partial charge in [-0.15, -0.1) is 6.58 Å². The van der Waals surface area contributed by atoms with Crippen molar-refractivity contribution in [3.05, 3.63) is 54.1 Å². The number of pyridine rings is 1. The molecule has 0 aromatic carbocycles. The van der Waals surface area contributed by atoms with E-state index in [0.717, 1.165) is 23.1 Å². The normalized spacial score (nSPS) is 38.0. The number of aromatic amines is 1. The maximum Gasteiger partial charge on any atom is 0.253 e. The Morgan fingerprint density at radius 3 is 2.86 bits per heavy atom. The molecule has 5 N–H and O–H groups in total. The fourth-order valence-corrected chi connectivity index (χ4v) is 6.01. The van der Waals surface area contributed by atoms with E-state index in [9.17, 15) is 25.2 Å². The van der Waals surface area contributed by atoms with E-state index in [4.69, 9.17) is 14.2 Å². The standard InChI is InChI=1S/C25H29N3O8/c1-2-11-14-8-16-18-12(13-4-3-6-26-22(13)27-18)5-7-28(16)23(33)15(14)10-34-24(11)36-25-21(32)20(31)19(30)17(9-29)35-25/h2-4,6,10-11,14,16-17,19-21,24-25,29-32H,1,5,7-9H2,(H,26,27)/t11-,14+,16+,17-,19-,20+,21-,24+,25+/m1/s1. The first-order valence-corrected chi connectivity index (χ1v) is 12.1. The van der Waals surface area contributed by atoms with Crippen LogP contribution in [-0.2, 0) is 25.4 Å². The predicted molar refractivity (Wildman–Crippen MR) is 124 cm³/mol. The summed E-state index contributed by atoms with van der Waals surface area (Å²) in [6.07, 6.45) is -1.93. The Morgan fingerprint density at radius 2 is 2.08 bits per heavy atom. The number of fused-ring (bicyclic) bond motifs is 6. The SMILES string of the molecule is C=C[C@H]1[C@H](O[C@@H]2O[C@H](CO)[C@@H](O)[C@H](O)[C@H]2O)OC=C2C(=O)N3CCc4c([nH]c5ncccc45)[C@@H]3C[C@H]21. The van der Waals surface area contributed by atoms with Gasteiger partial charge in [-0.1, -0.05) is 6.08 Å². The summed E-state index contributed by atoms with van der Waals surface area (Å²) in [5.74, 6) is -0.840. The number of hydrogen-bond acceptors (Lipinski definition) is 9. The van der Waals surface area contributed by atoms with Crippen molar-refractivity contribution in [2.75, 3.05) is 13.2 Å². The van der Waals surface area contributed by atoms with E-state index in [0.29, 0.717) is 18.5 Å². The van der Waals surface area contributed by atoms with E-state index < -0.39 is 49.5 Å². The zero-order valence-electron chi connectivity index (χ0n) is 19.4. The quantitative estimate of drug-likeness (QED) is 0.361. The van der Waals surface area contributed by atoms with E-state index in [1.54, 1.807) is 12.3 Å². The number of aromatic nitrogens is 2. The second-order valence-electron chi connectivity index (χ2n) is 9.75. The van der Waals surface area contributed by atoms with Crippen molar-refractivity contribution < 1.29 is 39.4 Å². The molecule has 0 saturated carbocycles. The average Bonchev–Trinajstić information content (AvgIpc) is 3.28. The van der Waals surface area contributed by atoms with Gasteiger partial charge in [0, 0.05) is 35.7 Å². The molecule has 192 valence electrons. The Balaban J connectivity index is 1.28. The summed E-state index contributed by atoms with van der Waals surface area (Å²) in [4.78, 5) is 23.2. The van der Waals surface area contributed by atoms with E-state index in [2.05, 4.69) is 16.5 Å². The van der Waals surface area contributed by atoms with Gasteiger partial charge in [0.2, 0.25) is 6.29 Å². The highest BCUT2D eigenvalue weighted by Crippen LogP contribution is 2.48. The van der Waals surface area contributed by atoms with Gasteiger partial charge in [0.05, 0.1) is 24.5 Å². The highest BCUT2D eigenvalue weighted by molar-refractivity contribution is 5.96. The third kappa shape index (κ3) is 3.50. The number of rotatable bonds is 4. The monoisotopic (exact) mass is 499 g/mol. The largest absolute Gasteiger partial charge is 0.471 e. The molecule has 0 bridgehead atoms. The summed E-state index contributed by atoms with van der Waals surface area (Å²) in [7, 11) is 0. The van der Waals surface area contributed by atoms with Crippen molar-refractivity contribution in [2.24, 2.45) is 11.8 Å². The Hall–Kier alpha value is -2.80. The zero-order chi connectivity index (χ0) is 25.1. The molecular formula is C25H29N3O8. The molecule has 0 radical (unpaired) electrons. The Morgan fingerprint density at radius 1 is 1.25 bits per heavy atom. The molecule has 2 aromatic rings. The second kappa shape index (κ2) is 8.94. The summed E-state index contributed by atoms with van der Waals surface area (Å²) in [6, 6.07) is 3.77. The molecule has 1 amide bonds. The number of nitrogens with zero attached hydrogens (tertiary/aromatic N) is 2. The van der Waals surface area contributed by atoms with Crippen molar-refractivity contribution >= 4 is 16.9 Å². The first-order chi connectivity index (χ1) is 17.4. The number of nitrogens with one attached hydrogen (secondary N) is 1. The fraction of sp³-hybridized carbons (Fsp3) is 0.520. The lowest BCUT2D eigenvalue weighted by atomic mass is 9.74. The number of carbonyl (C=O) groups is 1. The summed E-state index contributed by atoms with van der Waals surface area (Å²) in [6.45, 7) is 3.96. The van der Waals surface area contributed by atoms with Gasteiger partial charge >= 0.3 is 0 Å². The molecule has 2 saturated heterocycles. The van der Waals surface area contributed by atoms with Crippen LogP contribution >= 0.6 is 0 Å². The van der Waals surface area contributed by atoms with E-state index in [1.807, 2.05) is 17.0 Å². The molecule has 11 nitrogen and oxygen atoms in total. The summed E-state index contributed by atoms with van der Waals surface area (Å²) >= 11 is 0. The van der Waals surface area contributed by atoms with Crippen LogP contribution in [0.2, 0.25) is 0 Å². The minimum absolute atomic E-state index is 0.105.